The molecule has 1 aromatic carbocycles. The first-order chi connectivity index (χ1) is 7.76. The summed E-state index contributed by atoms with van der Waals surface area (Å²) in [7, 11) is 0. The summed E-state index contributed by atoms with van der Waals surface area (Å²) in [6.45, 7) is 4.86. The first kappa shape index (κ1) is 13.0. The summed E-state index contributed by atoms with van der Waals surface area (Å²) < 4.78 is 1.10. The standard InChI is InChI=1S/C13H17BrN2/c1-3-9-15-13(4-2)16-10-11-5-7-12(14)8-6-11/h4-9,16H,3,10H2,1-2H3/b13-4+,15-9-. The van der Waals surface area contributed by atoms with Gasteiger partial charge < -0.3 is 5.32 Å². The second kappa shape index (κ2) is 7.23. The summed E-state index contributed by atoms with van der Waals surface area (Å²) >= 11 is 3.42. The molecule has 0 unspecified atom stereocenters. The van der Waals surface area contributed by atoms with Gasteiger partial charge in [-0.2, -0.15) is 0 Å². The van der Waals surface area contributed by atoms with Gasteiger partial charge in [0.15, 0.2) is 0 Å². The molecule has 1 N–H and O–H groups in total. The molecule has 0 aliphatic rings. The maximum Gasteiger partial charge on any atom is 0.121 e. The monoisotopic (exact) mass is 280 g/mol. The van der Waals surface area contributed by atoms with Crippen LogP contribution in [0.5, 0.6) is 0 Å². The summed E-state index contributed by atoms with van der Waals surface area (Å²) in [5.41, 5.74) is 1.24. The Labute approximate surface area is 106 Å². The molecule has 1 rings (SSSR count). The Hall–Kier alpha value is -1.09. The SMILES string of the molecule is C/C=C(\N=C/CC)NCc1ccc(Br)cc1. The molecule has 0 spiro atoms. The predicted molar refractivity (Wildman–Crippen MR) is 73.5 cm³/mol. The number of halogens is 1. The summed E-state index contributed by atoms with van der Waals surface area (Å²) in [5, 5.41) is 3.29. The molecular weight excluding hydrogens is 264 g/mol. The number of allylic oxidation sites excluding steroid dienone is 1. The Morgan fingerprint density at radius 1 is 1.38 bits per heavy atom. The zero-order valence-corrected chi connectivity index (χ0v) is 11.3. The van der Waals surface area contributed by atoms with Gasteiger partial charge in [-0.3, -0.25) is 0 Å². The fraction of sp³-hybridized carbons (Fsp3) is 0.308. The number of nitrogens with zero attached hydrogens (tertiary/aromatic N) is 1. The van der Waals surface area contributed by atoms with Gasteiger partial charge in [0.2, 0.25) is 0 Å². The third-order valence-electron chi connectivity index (χ3n) is 2.07. The molecule has 0 saturated carbocycles. The molecule has 86 valence electrons. The van der Waals surface area contributed by atoms with Crippen LogP contribution < -0.4 is 5.32 Å². The second-order valence-electron chi connectivity index (χ2n) is 3.37. The largest absolute Gasteiger partial charge is 0.366 e. The van der Waals surface area contributed by atoms with E-state index >= 15 is 0 Å². The van der Waals surface area contributed by atoms with E-state index in [1.807, 2.05) is 31.3 Å². The molecule has 2 nitrogen and oxygen atoms in total. The molecule has 0 aliphatic carbocycles. The summed E-state index contributed by atoms with van der Waals surface area (Å²) in [6.07, 6.45) is 4.84. The van der Waals surface area contributed by atoms with E-state index in [-0.39, 0.29) is 0 Å². The maximum absolute atomic E-state index is 4.31. The highest BCUT2D eigenvalue weighted by molar-refractivity contribution is 9.10. The van der Waals surface area contributed by atoms with Crippen LogP contribution in [-0.4, -0.2) is 6.21 Å². The average molecular weight is 281 g/mol. The fourth-order valence-electron chi connectivity index (χ4n) is 1.21. The number of benzene rings is 1. The topological polar surface area (TPSA) is 24.4 Å². The number of aliphatic imine (C=N–C) groups is 1. The number of rotatable bonds is 5. The number of hydrogen-bond acceptors (Lipinski definition) is 2. The molecule has 0 aliphatic heterocycles. The van der Waals surface area contributed by atoms with Crippen LogP contribution in [0.2, 0.25) is 0 Å². The van der Waals surface area contributed by atoms with Gasteiger partial charge in [0.05, 0.1) is 0 Å². The van der Waals surface area contributed by atoms with Gasteiger partial charge in [-0.05, 0) is 37.1 Å². The van der Waals surface area contributed by atoms with Crippen LogP contribution in [0.4, 0.5) is 0 Å². The molecular formula is C13H17BrN2. The van der Waals surface area contributed by atoms with Gasteiger partial charge in [0.1, 0.15) is 5.82 Å². The molecule has 0 heterocycles. The van der Waals surface area contributed by atoms with Crippen LogP contribution in [0.15, 0.2) is 45.6 Å². The normalized spacial score (nSPS) is 12.1. The van der Waals surface area contributed by atoms with Gasteiger partial charge in [-0.15, -0.1) is 0 Å². The van der Waals surface area contributed by atoms with Crippen LogP contribution in [0.1, 0.15) is 25.8 Å². The van der Waals surface area contributed by atoms with Crippen LogP contribution in [0.25, 0.3) is 0 Å². The van der Waals surface area contributed by atoms with Gasteiger partial charge >= 0.3 is 0 Å². The molecule has 0 amide bonds. The Morgan fingerprint density at radius 3 is 2.62 bits per heavy atom. The molecule has 1 aromatic rings. The lowest BCUT2D eigenvalue weighted by molar-refractivity contribution is 0.798. The summed E-state index contributed by atoms with van der Waals surface area (Å²) in [6, 6.07) is 8.27. The van der Waals surface area contributed by atoms with Crippen molar-refractivity contribution in [3.63, 3.8) is 0 Å². The van der Waals surface area contributed by atoms with Crippen molar-refractivity contribution in [3.8, 4) is 0 Å². The Morgan fingerprint density at radius 2 is 2.06 bits per heavy atom. The zero-order chi connectivity index (χ0) is 11.8. The maximum atomic E-state index is 4.31. The lowest BCUT2D eigenvalue weighted by atomic mass is 10.2. The Kier molecular flexibility index (Phi) is 5.86. The summed E-state index contributed by atoms with van der Waals surface area (Å²) in [4.78, 5) is 4.31. The van der Waals surface area contributed by atoms with E-state index in [9.17, 15) is 0 Å². The van der Waals surface area contributed by atoms with E-state index < -0.39 is 0 Å². The van der Waals surface area contributed by atoms with E-state index in [0.717, 1.165) is 23.3 Å². The van der Waals surface area contributed by atoms with E-state index in [0.29, 0.717) is 0 Å². The van der Waals surface area contributed by atoms with Gasteiger partial charge in [-0.25, -0.2) is 4.99 Å². The lowest BCUT2D eigenvalue weighted by Gasteiger charge is -2.06. The molecule has 0 aromatic heterocycles. The highest BCUT2D eigenvalue weighted by Gasteiger charge is 1.94. The number of nitrogens with one attached hydrogen (secondary N) is 1. The molecule has 0 bridgehead atoms. The molecule has 0 saturated heterocycles. The van der Waals surface area contributed by atoms with Gasteiger partial charge in [0.25, 0.3) is 0 Å². The van der Waals surface area contributed by atoms with E-state index in [1.165, 1.54) is 5.56 Å². The molecule has 16 heavy (non-hydrogen) atoms. The van der Waals surface area contributed by atoms with Gasteiger partial charge in [-0.1, -0.05) is 35.0 Å². The van der Waals surface area contributed by atoms with Crippen molar-refractivity contribution in [2.45, 2.75) is 26.8 Å². The minimum Gasteiger partial charge on any atom is -0.366 e. The van der Waals surface area contributed by atoms with Crippen LogP contribution in [0.3, 0.4) is 0 Å². The van der Waals surface area contributed by atoms with E-state index in [1.54, 1.807) is 0 Å². The fourth-order valence-corrected chi connectivity index (χ4v) is 1.47. The third kappa shape index (κ3) is 4.62. The van der Waals surface area contributed by atoms with Crippen molar-refractivity contribution < 1.29 is 0 Å². The highest BCUT2D eigenvalue weighted by Crippen LogP contribution is 2.10. The minimum atomic E-state index is 0.800. The third-order valence-corrected chi connectivity index (χ3v) is 2.60. The number of hydrogen-bond donors (Lipinski definition) is 1. The van der Waals surface area contributed by atoms with E-state index in [4.69, 9.17) is 0 Å². The molecule has 3 heteroatoms. The van der Waals surface area contributed by atoms with Gasteiger partial charge in [0, 0.05) is 17.2 Å². The van der Waals surface area contributed by atoms with Crippen molar-refractivity contribution in [1.82, 2.24) is 5.32 Å². The van der Waals surface area contributed by atoms with Crippen LogP contribution in [-0.2, 0) is 6.54 Å². The molecule has 0 atom stereocenters. The van der Waals surface area contributed by atoms with Crippen molar-refractivity contribution in [2.24, 2.45) is 4.99 Å². The van der Waals surface area contributed by atoms with Crippen LogP contribution in [0, 0.1) is 0 Å². The smallest absolute Gasteiger partial charge is 0.121 e. The van der Waals surface area contributed by atoms with Crippen molar-refractivity contribution >= 4 is 22.1 Å². The Balaban J connectivity index is 2.50. The predicted octanol–water partition coefficient (Wildman–Crippen LogP) is 3.88. The molecule has 0 fully saturated rings. The minimum absolute atomic E-state index is 0.800. The highest BCUT2D eigenvalue weighted by atomic mass is 79.9. The second-order valence-corrected chi connectivity index (χ2v) is 4.29. The van der Waals surface area contributed by atoms with Crippen molar-refractivity contribution in [3.05, 3.63) is 46.2 Å². The summed E-state index contributed by atoms with van der Waals surface area (Å²) in [5.74, 6) is 0.921. The quantitative estimate of drug-likeness (QED) is 0.814. The van der Waals surface area contributed by atoms with Crippen molar-refractivity contribution in [2.75, 3.05) is 0 Å². The first-order valence-electron chi connectivity index (χ1n) is 5.43. The average Bonchev–Trinajstić information content (AvgIpc) is 2.32. The van der Waals surface area contributed by atoms with Crippen molar-refractivity contribution in [1.29, 1.82) is 0 Å². The van der Waals surface area contributed by atoms with Crippen LogP contribution >= 0.6 is 15.9 Å². The molecule has 0 radical (unpaired) electrons. The first-order valence-corrected chi connectivity index (χ1v) is 6.22. The zero-order valence-electron chi connectivity index (χ0n) is 9.70. The Bertz CT molecular complexity index is 366. The van der Waals surface area contributed by atoms with E-state index in [2.05, 4.69) is 45.3 Å². The lowest BCUT2D eigenvalue weighted by Crippen LogP contribution is -2.11.